The molecule has 5 heteroatoms. The second-order valence-corrected chi connectivity index (χ2v) is 4.71. The summed E-state index contributed by atoms with van der Waals surface area (Å²) in [7, 11) is 0. The fourth-order valence-corrected chi connectivity index (χ4v) is 1.53. The first-order valence-corrected chi connectivity index (χ1v) is 5.17. The molecule has 0 saturated heterocycles. The highest BCUT2D eigenvalue weighted by Gasteiger charge is 2.12. The molecular weight excluding hydrogens is 248 g/mol. The Balaban J connectivity index is 2.94. The molecule has 0 aliphatic rings. The van der Waals surface area contributed by atoms with Crippen LogP contribution >= 0.6 is 15.9 Å². The Morgan fingerprint density at radius 3 is 2.71 bits per heavy atom. The molecule has 1 atom stereocenters. The highest BCUT2D eigenvalue weighted by Crippen LogP contribution is 2.17. The van der Waals surface area contributed by atoms with Crippen LogP contribution in [0, 0.1) is 17.0 Å². The zero-order valence-corrected chi connectivity index (χ0v) is 9.61. The van der Waals surface area contributed by atoms with Crippen LogP contribution in [-0.4, -0.2) is 14.7 Å². The molecule has 4 nitrogen and oxygen atoms in total. The Kier molecular flexibility index (Phi) is 3.57. The van der Waals surface area contributed by atoms with Crippen molar-refractivity contribution >= 4 is 21.6 Å². The molecule has 0 amide bonds. The first-order valence-electron chi connectivity index (χ1n) is 4.25. The monoisotopic (exact) mass is 258 g/mol. The van der Waals surface area contributed by atoms with Crippen molar-refractivity contribution in [2.45, 2.75) is 25.1 Å². The van der Waals surface area contributed by atoms with Gasteiger partial charge in [0.1, 0.15) is 5.69 Å². The molecular formula is C9H11BrN2O2. The summed E-state index contributed by atoms with van der Waals surface area (Å²) >= 11 is 3.41. The maximum Gasteiger partial charge on any atom is 0.290 e. The van der Waals surface area contributed by atoms with Gasteiger partial charge in [0.25, 0.3) is 5.69 Å². The van der Waals surface area contributed by atoms with Crippen molar-refractivity contribution in [3.63, 3.8) is 0 Å². The molecule has 0 aliphatic heterocycles. The highest BCUT2D eigenvalue weighted by atomic mass is 79.9. The maximum atomic E-state index is 10.5. The topological polar surface area (TPSA) is 56.0 Å². The molecule has 0 fully saturated rings. The van der Waals surface area contributed by atoms with Crippen LogP contribution in [0.3, 0.4) is 0 Å². The fraction of sp³-hybridized carbons (Fsp3) is 0.444. The van der Waals surface area contributed by atoms with Gasteiger partial charge in [0.05, 0.1) is 4.92 Å². The third-order valence-corrected chi connectivity index (χ3v) is 2.13. The van der Waals surface area contributed by atoms with Crippen molar-refractivity contribution in [1.29, 1.82) is 0 Å². The van der Waals surface area contributed by atoms with Crippen LogP contribution in [-0.2, 0) is 6.42 Å². The van der Waals surface area contributed by atoms with Gasteiger partial charge in [0, 0.05) is 23.0 Å². The number of pyridine rings is 1. The first-order chi connectivity index (χ1) is 6.50. The molecule has 1 unspecified atom stereocenters. The molecule has 1 aromatic heterocycles. The van der Waals surface area contributed by atoms with Crippen molar-refractivity contribution in [1.82, 2.24) is 4.98 Å². The molecule has 0 spiro atoms. The zero-order valence-electron chi connectivity index (χ0n) is 8.03. The largest absolute Gasteiger partial charge is 0.290 e. The summed E-state index contributed by atoms with van der Waals surface area (Å²) in [6.45, 7) is 3.67. The predicted molar refractivity (Wildman–Crippen MR) is 57.7 cm³/mol. The number of halogens is 1. The summed E-state index contributed by atoms with van der Waals surface area (Å²) in [5.74, 6) is 0. The van der Waals surface area contributed by atoms with Crippen molar-refractivity contribution in [2.75, 3.05) is 0 Å². The van der Waals surface area contributed by atoms with Crippen LogP contribution in [0.15, 0.2) is 12.1 Å². The van der Waals surface area contributed by atoms with Crippen LogP contribution in [0.5, 0.6) is 0 Å². The Labute approximate surface area is 90.6 Å². The van der Waals surface area contributed by atoms with E-state index in [1.54, 1.807) is 13.0 Å². The SMILES string of the molecule is Cc1nc(CC(C)Br)ccc1[N+](=O)[O-]. The molecule has 0 aromatic carbocycles. The van der Waals surface area contributed by atoms with Crippen LogP contribution in [0.1, 0.15) is 18.3 Å². The average Bonchev–Trinajstić information content (AvgIpc) is 2.01. The number of aromatic nitrogens is 1. The first kappa shape index (κ1) is 11.1. The molecule has 0 bridgehead atoms. The summed E-state index contributed by atoms with van der Waals surface area (Å²) in [5.41, 5.74) is 1.43. The van der Waals surface area contributed by atoms with Gasteiger partial charge in [-0.3, -0.25) is 15.1 Å². The van der Waals surface area contributed by atoms with Crippen LogP contribution < -0.4 is 0 Å². The van der Waals surface area contributed by atoms with E-state index in [2.05, 4.69) is 20.9 Å². The minimum atomic E-state index is -0.413. The van der Waals surface area contributed by atoms with Gasteiger partial charge < -0.3 is 0 Å². The Morgan fingerprint density at radius 1 is 1.64 bits per heavy atom. The van der Waals surface area contributed by atoms with Gasteiger partial charge >= 0.3 is 0 Å². The Bertz CT molecular complexity index is 353. The van der Waals surface area contributed by atoms with E-state index in [0.717, 1.165) is 12.1 Å². The molecule has 0 aliphatic carbocycles. The maximum absolute atomic E-state index is 10.5. The third kappa shape index (κ3) is 2.77. The van der Waals surface area contributed by atoms with E-state index in [1.165, 1.54) is 6.07 Å². The molecule has 0 saturated carbocycles. The fourth-order valence-electron chi connectivity index (χ4n) is 1.20. The standard InChI is InChI=1S/C9H11BrN2O2/c1-6(10)5-8-3-4-9(12(13)14)7(2)11-8/h3-4,6H,5H2,1-2H3. The number of hydrogen-bond donors (Lipinski definition) is 0. The Hall–Kier alpha value is -0.970. The van der Waals surface area contributed by atoms with Crippen molar-refractivity contribution in [3.8, 4) is 0 Å². The number of rotatable bonds is 3. The lowest BCUT2D eigenvalue weighted by Crippen LogP contribution is -2.02. The highest BCUT2D eigenvalue weighted by molar-refractivity contribution is 9.09. The smallest absolute Gasteiger partial charge is 0.258 e. The third-order valence-electron chi connectivity index (χ3n) is 1.80. The lowest BCUT2D eigenvalue weighted by Gasteiger charge is -2.03. The molecule has 0 N–H and O–H groups in total. The van der Waals surface area contributed by atoms with Gasteiger partial charge in [-0.2, -0.15) is 0 Å². The van der Waals surface area contributed by atoms with Crippen LogP contribution in [0.4, 0.5) is 5.69 Å². The number of nitro groups is 1. The molecule has 76 valence electrons. The summed E-state index contributed by atoms with van der Waals surface area (Å²) in [5, 5.41) is 10.5. The van der Waals surface area contributed by atoms with E-state index in [1.807, 2.05) is 6.92 Å². The lowest BCUT2D eigenvalue weighted by atomic mass is 10.2. The van der Waals surface area contributed by atoms with Gasteiger partial charge in [0.2, 0.25) is 0 Å². The van der Waals surface area contributed by atoms with Gasteiger partial charge in [0.15, 0.2) is 0 Å². The molecule has 1 aromatic rings. The Morgan fingerprint density at radius 2 is 2.29 bits per heavy atom. The van der Waals surface area contributed by atoms with Crippen molar-refractivity contribution in [3.05, 3.63) is 33.6 Å². The van der Waals surface area contributed by atoms with Gasteiger partial charge in [-0.15, -0.1) is 0 Å². The van der Waals surface area contributed by atoms with Crippen LogP contribution in [0.2, 0.25) is 0 Å². The summed E-state index contributed by atoms with van der Waals surface area (Å²) in [6.07, 6.45) is 0.777. The van der Waals surface area contributed by atoms with Gasteiger partial charge in [-0.1, -0.05) is 22.9 Å². The van der Waals surface area contributed by atoms with Gasteiger partial charge in [-0.05, 0) is 13.0 Å². The number of nitrogens with zero attached hydrogens (tertiary/aromatic N) is 2. The van der Waals surface area contributed by atoms with E-state index in [-0.39, 0.29) is 5.69 Å². The lowest BCUT2D eigenvalue weighted by molar-refractivity contribution is -0.385. The molecule has 1 rings (SSSR count). The molecule has 14 heavy (non-hydrogen) atoms. The van der Waals surface area contributed by atoms with E-state index in [0.29, 0.717) is 10.5 Å². The normalized spacial score (nSPS) is 12.5. The summed E-state index contributed by atoms with van der Waals surface area (Å²) in [4.78, 5) is 14.6. The second-order valence-electron chi connectivity index (χ2n) is 3.15. The van der Waals surface area contributed by atoms with Crippen LogP contribution in [0.25, 0.3) is 0 Å². The minimum Gasteiger partial charge on any atom is -0.258 e. The zero-order chi connectivity index (χ0) is 10.7. The van der Waals surface area contributed by atoms with Gasteiger partial charge in [-0.25, -0.2) is 0 Å². The number of alkyl halides is 1. The van der Waals surface area contributed by atoms with E-state index >= 15 is 0 Å². The molecule has 1 heterocycles. The van der Waals surface area contributed by atoms with E-state index in [9.17, 15) is 10.1 Å². The van der Waals surface area contributed by atoms with Crippen molar-refractivity contribution in [2.24, 2.45) is 0 Å². The van der Waals surface area contributed by atoms with E-state index < -0.39 is 4.92 Å². The summed E-state index contributed by atoms with van der Waals surface area (Å²) in [6, 6.07) is 3.20. The average molecular weight is 259 g/mol. The quantitative estimate of drug-likeness (QED) is 0.476. The minimum absolute atomic E-state index is 0.0796. The molecule has 0 radical (unpaired) electrons. The van der Waals surface area contributed by atoms with E-state index in [4.69, 9.17) is 0 Å². The second kappa shape index (κ2) is 4.50. The summed E-state index contributed by atoms with van der Waals surface area (Å²) < 4.78 is 0. The van der Waals surface area contributed by atoms with Crippen molar-refractivity contribution < 1.29 is 4.92 Å². The number of hydrogen-bond acceptors (Lipinski definition) is 3. The number of aryl methyl sites for hydroxylation is 1. The predicted octanol–water partition coefficient (Wildman–Crippen LogP) is 2.62.